The number of benzene rings is 1. The number of ether oxygens (including phenoxy) is 2. The summed E-state index contributed by atoms with van der Waals surface area (Å²) in [6.45, 7) is 5.85. The van der Waals surface area contributed by atoms with E-state index in [2.05, 4.69) is 11.8 Å². The molecular formula is C15H22N2O2. The van der Waals surface area contributed by atoms with Gasteiger partial charge in [0, 0.05) is 25.7 Å². The van der Waals surface area contributed by atoms with E-state index in [1.165, 1.54) is 0 Å². The normalized spacial score (nSPS) is 31.2. The van der Waals surface area contributed by atoms with Gasteiger partial charge < -0.3 is 15.2 Å². The molecule has 19 heavy (non-hydrogen) atoms. The van der Waals surface area contributed by atoms with Crippen molar-refractivity contribution in [3.8, 4) is 11.5 Å². The van der Waals surface area contributed by atoms with E-state index in [0.29, 0.717) is 18.6 Å². The summed E-state index contributed by atoms with van der Waals surface area (Å²) in [6, 6.07) is 8.15. The van der Waals surface area contributed by atoms with E-state index in [0.717, 1.165) is 37.6 Å². The van der Waals surface area contributed by atoms with Crippen LogP contribution in [0.2, 0.25) is 0 Å². The lowest BCUT2D eigenvalue weighted by Gasteiger charge is -2.37. The zero-order chi connectivity index (χ0) is 13.2. The maximum atomic E-state index is 6.08. The lowest BCUT2D eigenvalue weighted by atomic mass is 9.96. The van der Waals surface area contributed by atoms with E-state index in [9.17, 15) is 0 Å². The lowest BCUT2D eigenvalue weighted by Crippen LogP contribution is -2.50. The molecule has 2 aliphatic rings. The topological polar surface area (TPSA) is 47.7 Å². The Morgan fingerprint density at radius 2 is 2.05 bits per heavy atom. The average Bonchev–Trinajstić information content (AvgIpc) is 2.37. The molecule has 0 spiro atoms. The van der Waals surface area contributed by atoms with Crippen LogP contribution in [0.15, 0.2) is 24.3 Å². The molecule has 0 bridgehead atoms. The van der Waals surface area contributed by atoms with Crippen molar-refractivity contribution in [3.63, 3.8) is 0 Å². The van der Waals surface area contributed by atoms with Crippen LogP contribution in [-0.4, -0.2) is 43.3 Å². The number of rotatable bonds is 2. The fourth-order valence-electron chi connectivity index (χ4n) is 3.10. The Balaban J connectivity index is 1.60. The van der Waals surface area contributed by atoms with Crippen LogP contribution in [0.25, 0.3) is 0 Å². The standard InChI is InChI=1S/C15H22N2O2/c1-11-6-12(16)8-17(7-11)9-13-10-18-14-4-2-3-5-15(14)19-13/h2-5,11-13H,6-10,16H2,1H3. The SMILES string of the molecule is CC1CC(N)CN(CC2COc3ccccc3O2)C1. The van der Waals surface area contributed by atoms with Crippen molar-refractivity contribution in [2.24, 2.45) is 11.7 Å². The molecule has 2 heterocycles. The zero-order valence-corrected chi connectivity index (χ0v) is 11.4. The van der Waals surface area contributed by atoms with Crippen LogP contribution in [0.5, 0.6) is 11.5 Å². The van der Waals surface area contributed by atoms with Crippen molar-refractivity contribution in [2.45, 2.75) is 25.5 Å². The van der Waals surface area contributed by atoms with Gasteiger partial charge >= 0.3 is 0 Å². The van der Waals surface area contributed by atoms with Gasteiger partial charge in [-0.2, -0.15) is 0 Å². The summed E-state index contributed by atoms with van der Waals surface area (Å²) < 4.78 is 11.7. The Hall–Kier alpha value is -1.26. The molecule has 1 saturated heterocycles. The largest absolute Gasteiger partial charge is 0.486 e. The average molecular weight is 262 g/mol. The second-order valence-electron chi connectivity index (χ2n) is 5.82. The predicted octanol–water partition coefficient (Wildman–Crippen LogP) is 1.50. The molecule has 0 saturated carbocycles. The molecule has 4 heteroatoms. The second kappa shape index (κ2) is 5.39. The molecule has 1 aromatic rings. The highest BCUT2D eigenvalue weighted by molar-refractivity contribution is 5.40. The highest BCUT2D eigenvalue weighted by Gasteiger charge is 2.27. The predicted molar refractivity (Wildman–Crippen MR) is 74.5 cm³/mol. The number of likely N-dealkylation sites (tertiary alicyclic amines) is 1. The van der Waals surface area contributed by atoms with E-state index in [4.69, 9.17) is 15.2 Å². The third kappa shape index (κ3) is 3.01. The Labute approximate surface area is 114 Å². The van der Waals surface area contributed by atoms with Gasteiger partial charge in [-0.1, -0.05) is 19.1 Å². The number of nitrogens with zero attached hydrogens (tertiary/aromatic N) is 1. The fraction of sp³-hybridized carbons (Fsp3) is 0.600. The van der Waals surface area contributed by atoms with E-state index in [1.54, 1.807) is 0 Å². The van der Waals surface area contributed by atoms with Crippen molar-refractivity contribution < 1.29 is 9.47 Å². The minimum absolute atomic E-state index is 0.104. The van der Waals surface area contributed by atoms with Crippen molar-refractivity contribution in [1.82, 2.24) is 4.90 Å². The first-order valence-corrected chi connectivity index (χ1v) is 7.07. The van der Waals surface area contributed by atoms with E-state index >= 15 is 0 Å². The van der Waals surface area contributed by atoms with Crippen LogP contribution in [-0.2, 0) is 0 Å². The second-order valence-corrected chi connectivity index (χ2v) is 5.82. The van der Waals surface area contributed by atoms with E-state index < -0.39 is 0 Å². The number of hydrogen-bond donors (Lipinski definition) is 1. The number of para-hydroxylation sites is 2. The molecule has 4 nitrogen and oxygen atoms in total. The summed E-state index contributed by atoms with van der Waals surface area (Å²) in [7, 11) is 0. The van der Waals surface area contributed by atoms with Gasteiger partial charge in [0.1, 0.15) is 12.7 Å². The van der Waals surface area contributed by atoms with Crippen LogP contribution in [0, 0.1) is 5.92 Å². The Kier molecular flexibility index (Phi) is 3.62. The van der Waals surface area contributed by atoms with Crippen LogP contribution < -0.4 is 15.2 Å². The van der Waals surface area contributed by atoms with Crippen LogP contribution >= 0.6 is 0 Å². The molecule has 0 aromatic heterocycles. The molecule has 3 rings (SSSR count). The smallest absolute Gasteiger partial charge is 0.161 e. The number of piperidine rings is 1. The molecule has 1 fully saturated rings. The zero-order valence-electron chi connectivity index (χ0n) is 11.4. The third-order valence-electron chi connectivity index (χ3n) is 3.80. The Bertz CT molecular complexity index is 428. The molecule has 3 unspecified atom stereocenters. The van der Waals surface area contributed by atoms with E-state index in [-0.39, 0.29) is 6.10 Å². The third-order valence-corrected chi connectivity index (χ3v) is 3.80. The molecular weight excluding hydrogens is 240 g/mol. The van der Waals surface area contributed by atoms with Gasteiger partial charge in [0.25, 0.3) is 0 Å². The molecule has 3 atom stereocenters. The van der Waals surface area contributed by atoms with Gasteiger partial charge in [0.05, 0.1) is 0 Å². The summed E-state index contributed by atoms with van der Waals surface area (Å²) in [4.78, 5) is 2.40. The summed E-state index contributed by atoms with van der Waals surface area (Å²) in [5, 5.41) is 0. The summed E-state index contributed by atoms with van der Waals surface area (Å²) >= 11 is 0. The quantitative estimate of drug-likeness (QED) is 0.877. The van der Waals surface area contributed by atoms with Crippen molar-refractivity contribution in [2.75, 3.05) is 26.2 Å². The van der Waals surface area contributed by atoms with Crippen molar-refractivity contribution in [1.29, 1.82) is 0 Å². The first-order chi connectivity index (χ1) is 9.20. The summed E-state index contributed by atoms with van der Waals surface area (Å²) in [5.41, 5.74) is 6.08. The number of hydrogen-bond acceptors (Lipinski definition) is 4. The minimum atomic E-state index is 0.104. The van der Waals surface area contributed by atoms with Crippen molar-refractivity contribution in [3.05, 3.63) is 24.3 Å². The fourth-order valence-corrected chi connectivity index (χ4v) is 3.10. The summed E-state index contributed by atoms with van der Waals surface area (Å²) in [5.74, 6) is 2.37. The number of nitrogens with two attached hydrogens (primary N) is 1. The highest BCUT2D eigenvalue weighted by atomic mass is 16.6. The minimum Gasteiger partial charge on any atom is -0.486 e. The summed E-state index contributed by atoms with van der Waals surface area (Å²) in [6.07, 6.45) is 1.23. The van der Waals surface area contributed by atoms with Gasteiger partial charge in [-0.3, -0.25) is 4.90 Å². The monoisotopic (exact) mass is 262 g/mol. The maximum Gasteiger partial charge on any atom is 0.161 e. The van der Waals surface area contributed by atoms with Gasteiger partial charge in [-0.15, -0.1) is 0 Å². The lowest BCUT2D eigenvalue weighted by molar-refractivity contribution is 0.0432. The van der Waals surface area contributed by atoms with E-state index in [1.807, 2.05) is 24.3 Å². The first kappa shape index (κ1) is 12.8. The first-order valence-electron chi connectivity index (χ1n) is 7.07. The molecule has 0 aliphatic carbocycles. The van der Waals surface area contributed by atoms with Gasteiger partial charge in [-0.25, -0.2) is 0 Å². The molecule has 0 amide bonds. The molecule has 1 aromatic carbocycles. The molecule has 2 N–H and O–H groups in total. The van der Waals surface area contributed by atoms with Crippen LogP contribution in [0.3, 0.4) is 0 Å². The van der Waals surface area contributed by atoms with Gasteiger partial charge in [0.15, 0.2) is 11.5 Å². The number of fused-ring (bicyclic) bond motifs is 1. The maximum absolute atomic E-state index is 6.08. The van der Waals surface area contributed by atoms with Crippen LogP contribution in [0.4, 0.5) is 0 Å². The van der Waals surface area contributed by atoms with Gasteiger partial charge in [0.2, 0.25) is 0 Å². The van der Waals surface area contributed by atoms with Crippen LogP contribution in [0.1, 0.15) is 13.3 Å². The Morgan fingerprint density at radius 3 is 2.84 bits per heavy atom. The highest BCUT2D eigenvalue weighted by Crippen LogP contribution is 2.31. The van der Waals surface area contributed by atoms with Gasteiger partial charge in [-0.05, 0) is 24.5 Å². The Morgan fingerprint density at radius 1 is 1.26 bits per heavy atom. The molecule has 104 valence electrons. The molecule has 0 radical (unpaired) electrons. The van der Waals surface area contributed by atoms with Crippen molar-refractivity contribution >= 4 is 0 Å². The molecule has 2 aliphatic heterocycles.